The predicted molar refractivity (Wildman–Crippen MR) is 77.7 cm³/mol. The van der Waals surface area contributed by atoms with Gasteiger partial charge in [-0.15, -0.1) is 0 Å². The molecule has 1 rings (SSSR count). The molecule has 110 valence electrons. The summed E-state index contributed by atoms with van der Waals surface area (Å²) >= 11 is 0. The maximum Gasteiger partial charge on any atom is 0.234 e. The molecule has 0 heterocycles. The Kier molecular flexibility index (Phi) is 5.14. The number of rotatable bonds is 6. The van der Waals surface area contributed by atoms with Crippen LogP contribution in [0.2, 0.25) is 0 Å². The van der Waals surface area contributed by atoms with Gasteiger partial charge in [0.25, 0.3) is 0 Å². The topological polar surface area (TPSA) is 95.3 Å². The van der Waals surface area contributed by atoms with E-state index >= 15 is 0 Å². The van der Waals surface area contributed by atoms with Crippen molar-refractivity contribution in [3.8, 4) is 6.07 Å². The fourth-order valence-corrected chi connectivity index (χ4v) is 3.64. The Morgan fingerprint density at radius 1 is 1.20 bits per heavy atom. The van der Waals surface area contributed by atoms with E-state index in [1.165, 1.54) is 13.1 Å². The molecular weight excluding hydrogens is 300 g/mol. The maximum absolute atomic E-state index is 12.1. The Hall–Kier alpha value is -1.59. The van der Waals surface area contributed by atoms with Crippen LogP contribution in [0.25, 0.3) is 0 Å². The van der Waals surface area contributed by atoms with Gasteiger partial charge in [-0.25, -0.2) is 16.8 Å². The van der Waals surface area contributed by atoms with E-state index in [0.29, 0.717) is 11.3 Å². The van der Waals surface area contributed by atoms with Crippen LogP contribution in [0.5, 0.6) is 0 Å². The van der Waals surface area contributed by atoms with Gasteiger partial charge in [0, 0.05) is 13.3 Å². The standard InChI is InChI=1S/C12H16N2O4S2/c1-14(12-6-3-5-11(9-12)10-13)20(17,18)8-4-7-19(2,15)16/h3,5-6,9H,4,7-8H2,1-2H3. The number of benzene rings is 1. The molecule has 0 radical (unpaired) electrons. The van der Waals surface area contributed by atoms with Crippen molar-refractivity contribution in [3.05, 3.63) is 29.8 Å². The van der Waals surface area contributed by atoms with Crippen molar-refractivity contribution in [3.63, 3.8) is 0 Å². The normalized spacial score (nSPS) is 11.8. The summed E-state index contributed by atoms with van der Waals surface area (Å²) in [6, 6.07) is 8.15. The lowest BCUT2D eigenvalue weighted by Gasteiger charge is -2.19. The first kappa shape index (κ1) is 16.5. The quantitative estimate of drug-likeness (QED) is 0.772. The molecule has 0 fully saturated rings. The summed E-state index contributed by atoms with van der Waals surface area (Å²) in [4.78, 5) is 0. The zero-order chi connectivity index (χ0) is 15.4. The van der Waals surface area contributed by atoms with E-state index in [2.05, 4.69) is 0 Å². The zero-order valence-electron chi connectivity index (χ0n) is 11.3. The number of sulfonamides is 1. The van der Waals surface area contributed by atoms with E-state index in [0.717, 1.165) is 10.6 Å². The Morgan fingerprint density at radius 3 is 2.40 bits per heavy atom. The van der Waals surface area contributed by atoms with Crippen LogP contribution in [0.15, 0.2) is 24.3 Å². The summed E-state index contributed by atoms with van der Waals surface area (Å²) in [7, 11) is -5.39. The zero-order valence-corrected chi connectivity index (χ0v) is 12.9. The number of sulfone groups is 1. The number of hydrogen-bond donors (Lipinski definition) is 0. The number of nitriles is 1. The largest absolute Gasteiger partial charge is 0.273 e. The van der Waals surface area contributed by atoms with Gasteiger partial charge < -0.3 is 0 Å². The summed E-state index contributed by atoms with van der Waals surface area (Å²) in [5.74, 6) is -0.425. The average molecular weight is 316 g/mol. The Labute approximate surface area is 119 Å². The third-order valence-electron chi connectivity index (χ3n) is 2.67. The monoisotopic (exact) mass is 316 g/mol. The van der Waals surface area contributed by atoms with Crippen molar-refractivity contribution in [1.29, 1.82) is 5.26 Å². The molecule has 0 aliphatic rings. The first-order valence-corrected chi connectivity index (χ1v) is 9.47. The lowest BCUT2D eigenvalue weighted by molar-refractivity contribution is 0.591. The molecular formula is C12H16N2O4S2. The molecule has 0 aliphatic carbocycles. The molecule has 0 N–H and O–H groups in total. The second-order valence-electron chi connectivity index (χ2n) is 4.43. The van der Waals surface area contributed by atoms with Crippen molar-refractivity contribution in [2.24, 2.45) is 0 Å². The van der Waals surface area contributed by atoms with Crippen molar-refractivity contribution in [2.75, 3.05) is 29.1 Å². The highest BCUT2D eigenvalue weighted by atomic mass is 32.2. The Bertz CT molecular complexity index is 718. The molecule has 0 saturated heterocycles. The highest BCUT2D eigenvalue weighted by Crippen LogP contribution is 2.18. The lowest BCUT2D eigenvalue weighted by Crippen LogP contribution is -2.29. The van der Waals surface area contributed by atoms with Gasteiger partial charge in [0.1, 0.15) is 9.84 Å². The number of anilines is 1. The third kappa shape index (κ3) is 4.83. The average Bonchev–Trinajstić information content (AvgIpc) is 2.36. The molecule has 0 spiro atoms. The molecule has 0 unspecified atom stereocenters. The minimum absolute atomic E-state index is 0.0451. The van der Waals surface area contributed by atoms with Gasteiger partial charge in [-0.05, 0) is 24.6 Å². The summed E-state index contributed by atoms with van der Waals surface area (Å²) in [5, 5.41) is 8.79. The molecule has 0 amide bonds. The van der Waals surface area contributed by atoms with Crippen LogP contribution < -0.4 is 4.31 Å². The van der Waals surface area contributed by atoms with Crippen molar-refractivity contribution in [1.82, 2.24) is 0 Å². The van der Waals surface area contributed by atoms with Crippen molar-refractivity contribution in [2.45, 2.75) is 6.42 Å². The number of hydrogen-bond acceptors (Lipinski definition) is 5. The van der Waals surface area contributed by atoms with Gasteiger partial charge in [0.2, 0.25) is 10.0 Å². The molecule has 0 bridgehead atoms. The van der Waals surface area contributed by atoms with Crippen LogP contribution in [-0.4, -0.2) is 41.6 Å². The van der Waals surface area contributed by atoms with Crippen LogP contribution >= 0.6 is 0 Å². The maximum atomic E-state index is 12.1. The fourth-order valence-electron chi connectivity index (χ4n) is 1.57. The Morgan fingerprint density at radius 2 is 1.85 bits per heavy atom. The van der Waals surface area contributed by atoms with E-state index in [-0.39, 0.29) is 17.9 Å². The second kappa shape index (κ2) is 6.24. The molecule has 20 heavy (non-hydrogen) atoms. The van der Waals surface area contributed by atoms with Gasteiger partial charge >= 0.3 is 0 Å². The van der Waals surface area contributed by atoms with E-state index in [1.807, 2.05) is 6.07 Å². The minimum atomic E-state index is -3.60. The van der Waals surface area contributed by atoms with Crippen LogP contribution in [0.4, 0.5) is 5.69 Å². The molecule has 0 atom stereocenters. The molecule has 1 aromatic rings. The van der Waals surface area contributed by atoms with Crippen LogP contribution in [0.3, 0.4) is 0 Å². The highest BCUT2D eigenvalue weighted by Gasteiger charge is 2.19. The van der Waals surface area contributed by atoms with Gasteiger partial charge in [0.15, 0.2) is 0 Å². The first-order valence-electron chi connectivity index (χ1n) is 5.80. The summed E-state index contributed by atoms with van der Waals surface area (Å²) in [5.41, 5.74) is 0.740. The van der Waals surface area contributed by atoms with Crippen LogP contribution in [0, 0.1) is 11.3 Å². The predicted octanol–water partition coefficient (Wildman–Crippen LogP) is 0.759. The SMILES string of the molecule is CN(c1cccc(C#N)c1)S(=O)(=O)CCCS(C)(=O)=O. The van der Waals surface area contributed by atoms with E-state index in [4.69, 9.17) is 5.26 Å². The first-order chi connectivity index (χ1) is 9.15. The van der Waals surface area contributed by atoms with Crippen LogP contribution in [-0.2, 0) is 19.9 Å². The molecule has 8 heteroatoms. The molecule has 0 saturated carbocycles. The fraction of sp³-hybridized carbons (Fsp3) is 0.417. The molecule has 6 nitrogen and oxygen atoms in total. The van der Waals surface area contributed by atoms with Crippen molar-refractivity contribution >= 4 is 25.5 Å². The molecule has 1 aromatic carbocycles. The van der Waals surface area contributed by atoms with E-state index < -0.39 is 19.9 Å². The van der Waals surface area contributed by atoms with Gasteiger partial charge in [-0.3, -0.25) is 4.31 Å². The van der Waals surface area contributed by atoms with Crippen LogP contribution in [0.1, 0.15) is 12.0 Å². The lowest BCUT2D eigenvalue weighted by atomic mass is 10.2. The van der Waals surface area contributed by atoms with Gasteiger partial charge in [0.05, 0.1) is 28.8 Å². The van der Waals surface area contributed by atoms with Gasteiger partial charge in [-0.2, -0.15) is 5.26 Å². The molecule has 0 aromatic heterocycles. The Balaban J connectivity index is 2.84. The van der Waals surface area contributed by atoms with E-state index in [9.17, 15) is 16.8 Å². The second-order valence-corrected chi connectivity index (χ2v) is 8.81. The number of nitrogens with zero attached hydrogens (tertiary/aromatic N) is 2. The van der Waals surface area contributed by atoms with Gasteiger partial charge in [-0.1, -0.05) is 6.07 Å². The van der Waals surface area contributed by atoms with E-state index in [1.54, 1.807) is 18.2 Å². The third-order valence-corrected chi connectivity index (χ3v) is 5.55. The smallest absolute Gasteiger partial charge is 0.234 e. The van der Waals surface area contributed by atoms with Crippen molar-refractivity contribution < 1.29 is 16.8 Å². The summed E-state index contributed by atoms with van der Waals surface area (Å²) in [6.45, 7) is 0. The highest BCUT2D eigenvalue weighted by molar-refractivity contribution is 7.93. The molecule has 0 aliphatic heterocycles. The summed E-state index contributed by atoms with van der Waals surface area (Å²) < 4.78 is 47.2. The summed E-state index contributed by atoms with van der Waals surface area (Å²) in [6.07, 6.45) is 1.11. The minimum Gasteiger partial charge on any atom is -0.273 e.